The van der Waals surface area contributed by atoms with Crippen LogP contribution in [-0.4, -0.2) is 5.16 Å². The van der Waals surface area contributed by atoms with Crippen LogP contribution in [0.2, 0.25) is 0 Å². The Morgan fingerprint density at radius 3 is 2.00 bits per heavy atom. The lowest BCUT2D eigenvalue weighted by Gasteiger charge is -2.19. The highest BCUT2D eigenvalue weighted by Crippen LogP contribution is 2.22. The number of benzene rings is 2. The molecule has 106 valence electrons. The van der Waals surface area contributed by atoms with Crippen molar-refractivity contribution in [1.29, 1.82) is 0 Å². The normalized spacial score (nSPS) is 11.0. The summed E-state index contributed by atoms with van der Waals surface area (Å²) in [5.41, 5.74) is 3.38. The SMILES string of the molecule is Cc1cc(CNC(c2ccccc2)c2ccccc2)on1. The van der Waals surface area contributed by atoms with Crippen LogP contribution in [0.4, 0.5) is 0 Å². The molecular formula is C18H18N2O. The Morgan fingerprint density at radius 2 is 1.52 bits per heavy atom. The number of aromatic nitrogens is 1. The van der Waals surface area contributed by atoms with E-state index < -0.39 is 0 Å². The first-order valence-corrected chi connectivity index (χ1v) is 7.08. The average Bonchev–Trinajstić information content (AvgIpc) is 2.95. The van der Waals surface area contributed by atoms with Crippen LogP contribution in [0.1, 0.15) is 28.6 Å². The zero-order valence-corrected chi connectivity index (χ0v) is 12.0. The standard InChI is InChI=1S/C18H18N2O/c1-14-12-17(21-20-14)13-19-18(15-8-4-2-5-9-15)16-10-6-3-7-11-16/h2-12,18-19H,13H2,1H3. The number of hydrogen-bond acceptors (Lipinski definition) is 3. The van der Waals surface area contributed by atoms with Gasteiger partial charge in [-0.15, -0.1) is 0 Å². The molecule has 3 heteroatoms. The second-order valence-electron chi connectivity index (χ2n) is 5.07. The summed E-state index contributed by atoms with van der Waals surface area (Å²) in [5.74, 6) is 0.851. The van der Waals surface area contributed by atoms with E-state index >= 15 is 0 Å². The van der Waals surface area contributed by atoms with Gasteiger partial charge in [0.2, 0.25) is 0 Å². The Hall–Kier alpha value is -2.39. The third-order valence-electron chi connectivity index (χ3n) is 3.42. The van der Waals surface area contributed by atoms with Crippen LogP contribution in [0.3, 0.4) is 0 Å². The monoisotopic (exact) mass is 278 g/mol. The van der Waals surface area contributed by atoms with Gasteiger partial charge in [-0.05, 0) is 18.1 Å². The van der Waals surface area contributed by atoms with E-state index in [9.17, 15) is 0 Å². The molecule has 0 saturated heterocycles. The summed E-state index contributed by atoms with van der Waals surface area (Å²) in [7, 11) is 0. The van der Waals surface area contributed by atoms with Crippen molar-refractivity contribution in [3.8, 4) is 0 Å². The Kier molecular flexibility index (Phi) is 4.12. The molecule has 0 aliphatic heterocycles. The molecular weight excluding hydrogens is 260 g/mol. The van der Waals surface area contributed by atoms with Gasteiger partial charge in [0, 0.05) is 6.07 Å². The molecule has 0 saturated carbocycles. The Balaban J connectivity index is 1.83. The third-order valence-corrected chi connectivity index (χ3v) is 3.42. The number of nitrogens with one attached hydrogen (secondary N) is 1. The van der Waals surface area contributed by atoms with Crippen LogP contribution in [0, 0.1) is 6.92 Å². The quantitative estimate of drug-likeness (QED) is 0.770. The van der Waals surface area contributed by atoms with E-state index in [1.54, 1.807) is 0 Å². The van der Waals surface area contributed by atoms with E-state index in [2.05, 4.69) is 59.0 Å². The maximum Gasteiger partial charge on any atom is 0.150 e. The minimum Gasteiger partial charge on any atom is -0.360 e. The van der Waals surface area contributed by atoms with Gasteiger partial charge in [0.1, 0.15) is 0 Å². The first kappa shape index (κ1) is 13.6. The zero-order valence-electron chi connectivity index (χ0n) is 12.0. The zero-order chi connectivity index (χ0) is 14.5. The highest BCUT2D eigenvalue weighted by atomic mass is 16.5. The van der Waals surface area contributed by atoms with Crippen molar-refractivity contribution in [2.45, 2.75) is 19.5 Å². The third kappa shape index (κ3) is 3.38. The van der Waals surface area contributed by atoms with Crippen LogP contribution in [0.15, 0.2) is 71.3 Å². The minimum absolute atomic E-state index is 0.137. The largest absolute Gasteiger partial charge is 0.360 e. The lowest BCUT2D eigenvalue weighted by atomic mass is 9.99. The van der Waals surface area contributed by atoms with Gasteiger partial charge in [-0.2, -0.15) is 0 Å². The van der Waals surface area contributed by atoms with Crippen LogP contribution in [0.25, 0.3) is 0 Å². The molecule has 1 aromatic heterocycles. The van der Waals surface area contributed by atoms with E-state index in [-0.39, 0.29) is 6.04 Å². The average molecular weight is 278 g/mol. The van der Waals surface area contributed by atoms with Crippen LogP contribution in [0.5, 0.6) is 0 Å². The lowest BCUT2D eigenvalue weighted by molar-refractivity contribution is 0.365. The van der Waals surface area contributed by atoms with Crippen LogP contribution < -0.4 is 5.32 Å². The maximum absolute atomic E-state index is 5.27. The van der Waals surface area contributed by atoms with Gasteiger partial charge in [0.25, 0.3) is 0 Å². The summed E-state index contributed by atoms with van der Waals surface area (Å²) in [6, 6.07) is 22.9. The number of nitrogens with zero attached hydrogens (tertiary/aromatic N) is 1. The smallest absolute Gasteiger partial charge is 0.150 e. The summed E-state index contributed by atoms with van der Waals surface area (Å²) in [5, 5.41) is 7.47. The second kappa shape index (κ2) is 6.37. The molecule has 0 amide bonds. The first-order valence-electron chi connectivity index (χ1n) is 7.08. The first-order chi connectivity index (χ1) is 10.3. The molecule has 0 atom stereocenters. The number of hydrogen-bond donors (Lipinski definition) is 1. The van der Waals surface area contributed by atoms with E-state index in [4.69, 9.17) is 4.52 Å². The Morgan fingerprint density at radius 1 is 0.952 bits per heavy atom. The lowest BCUT2D eigenvalue weighted by Crippen LogP contribution is -2.21. The summed E-state index contributed by atoms with van der Waals surface area (Å²) in [6.45, 7) is 2.58. The molecule has 1 heterocycles. The van der Waals surface area contributed by atoms with Crippen molar-refractivity contribution in [2.24, 2.45) is 0 Å². The van der Waals surface area contributed by atoms with Gasteiger partial charge in [0.05, 0.1) is 18.3 Å². The molecule has 0 bridgehead atoms. The number of aryl methyl sites for hydroxylation is 1. The van der Waals surface area contributed by atoms with Gasteiger partial charge < -0.3 is 4.52 Å². The Labute approximate surface area is 124 Å². The molecule has 3 aromatic rings. The molecule has 3 nitrogen and oxygen atoms in total. The molecule has 3 rings (SSSR count). The van der Waals surface area contributed by atoms with Gasteiger partial charge in [0.15, 0.2) is 5.76 Å². The highest BCUT2D eigenvalue weighted by Gasteiger charge is 2.13. The van der Waals surface area contributed by atoms with Gasteiger partial charge in [-0.1, -0.05) is 65.8 Å². The topological polar surface area (TPSA) is 38.1 Å². The van der Waals surface area contributed by atoms with E-state index in [0.29, 0.717) is 6.54 Å². The summed E-state index contributed by atoms with van der Waals surface area (Å²) < 4.78 is 5.27. The van der Waals surface area contributed by atoms with Crippen LogP contribution >= 0.6 is 0 Å². The van der Waals surface area contributed by atoms with Crippen molar-refractivity contribution in [2.75, 3.05) is 0 Å². The van der Waals surface area contributed by atoms with E-state index in [1.807, 2.05) is 25.1 Å². The molecule has 0 aliphatic rings. The molecule has 0 radical (unpaired) electrons. The van der Waals surface area contributed by atoms with Crippen molar-refractivity contribution in [3.05, 3.63) is 89.3 Å². The maximum atomic E-state index is 5.27. The second-order valence-corrected chi connectivity index (χ2v) is 5.07. The fraction of sp³-hybridized carbons (Fsp3) is 0.167. The van der Waals surface area contributed by atoms with Crippen molar-refractivity contribution in [3.63, 3.8) is 0 Å². The molecule has 0 fully saturated rings. The summed E-state index contributed by atoms with van der Waals surface area (Å²) in [6.07, 6.45) is 0. The van der Waals surface area contributed by atoms with Crippen molar-refractivity contribution < 1.29 is 4.52 Å². The molecule has 0 spiro atoms. The van der Waals surface area contributed by atoms with Crippen molar-refractivity contribution in [1.82, 2.24) is 10.5 Å². The van der Waals surface area contributed by atoms with Gasteiger partial charge >= 0.3 is 0 Å². The number of rotatable bonds is 5. The Bertz CT molecular complexity index is 637. The fourth-order valence-electron chi connectivity index (χ4n) is 2.42. The fourth-order valence-corrected chi connectivity index (χ4v) is 2.42. The van der Waals surface area contributed by atoms with E-state index in [0.717, 1.165) is 11.5 Å². The summed E-state index contributed by atoms with van der Waals surface area (Å²) >= 11 is 0. The van der Waals surface area contributed by atoms with Gasteiger partial charge in [-0.3, -0.25) is 5.32 Å². The minimum atomic E-state index is 0.137. The van der Waals surface area contributed by atoms with Crippen molar-refractivity contribution >= 4 is 0 Å². The predicted octanol–water partition coefficient (Wildman–Crippen LogP) is 3.86. The molecule has 0 aliphatic carbocycles. The van der Waals surface area contributed by atoms with Gasteiger partial charge in [-0.25, -0.2) is 0 Å². The summed E-state index contributed by atoms with van der Waals surface area (Å²) in [4.78, 5) is 0. The molecule has 1 N–H and O–H groups in total. The van der Waals surface area contributed by atoms with E-state index in [1.165, 1.54) is 11.1 Å². The molecule has 0 unspecified atom stereocenters. The highest BCUT2D eigenvalue weighted by molar-refractivity contribution is 5.31. The molecule has 2 aromatic carbocycles. The molecule has 21 heavy (non-hydrogen) atoms. The predicted molar refractivity (Wildman–Crippen MR) is 82.8 cm³/mol. The van der Waals surface area contributed by atoms with Crippen LogP contribution in [-0.2, 0) is 6.54 Å².